The van der Waals surface area contributed by atoms with Gasteiger partial charge in [-0.05, 0) is 40.6 Å². The molecule has 1 aliphatic rings. The smallest absolute Gasteiger partial charge is 0.463 e. The van der Waals surface area contributed by atoms with Crippen molar-refractivity contribution in [2.75, 3.05) is 6.61 Å². The standard InChI is InChI=1S/C11H19BO4/c1-6-14-9(13)7-8-12-15-10(2,3)11(4,5)16-12/h7-8H,6H2,1-5H3/b8-7-. The highest BCUT2D eigenvalue weighted by molar-refractivity contribution is 6.52. The van der Waals surface area contributed by atoms with Crippen LogP contribution in [0.15, 0.2) is 12.1 Å². The first-order valence-electron chi connectivity index (χ1n) is 5.49. The highest BCUT2D eigenvalue weighted by Gasteiger charge is 2.50. The van der Waals surface area contributed by atoms with Gasteiger partial charge in [0, 0.05) is 6.08 Å². The van der Waals surface area contributed by atoms with Crippen molar-refractivity contribution in [2.24, 2.45) is 0 Å². The maximum atomic E-state index is 11.1. The van der Waals surface area contributed by atoms with Crippen molar-refractivity contribution in [3.05, 3.63) is 12.1 Å². The third-order valence-electron chi connectivity index (χ3n) is 2.95. The summed E-state index contributed by atoms with van der Waals surface area (Å²) in [5.41, 5.74) is -0.757. The van der Waals surface area contributed by atoms with Gasteiger partial charge in [0.15, 0.2) is 0 Å². The average Bonchev–Trinajstić information content (AvgIpc) is 2.33. The van der Waals surface area contributed by atoms with Crippen LogP contribution in [-0.4, -0.2) is 30.9 Å². The minimum absolute atomic E-state index is 0.368. The topological polar surface area (TPSA) is 44.8 Å². The fourth-order valence-corrected chi connectivity index (χ4v) is 1.31. The van der Waals surface area contributed by atoms with Gasteiger partial charge in [0.25, 0.3) is 0 Å². The molecule has 0 bridgehead atoms. The van der Waals surface area contributed by atoms with Crippen molar-refractivity contribution >= 4 is 13.1 Å². The Morgan fingerprint density at radius 2 is 1.75 bits per heavy atom. The van der Waals surface area contributed by atoms with Crippen LogP contribution in [0, 0.1) is 0 Å². The van der Waals surface area contributed by atoms with Crippen LogP contribution in [0.1, 0.15) is 34.6 Å². The number of rotatable bonds is 3. The number of carbonyl (C=O) groups excluding carboxylic acids is 1. The van der Waals surface area contributed by atoms with Crippen molar-refractivity contribution in [3.63, 3.8) is 0 Å². The first-order chi connectivity index (χ1) is 7.28. The van der Waals surface area contributed by atoms with Gasteiger partial charge in [-0.3, -0.25) is 0 Å². The summed E-state index contributed by atoms with van der Waals surface area (Å²) in [4.78, 5) is 11.1. The number of hydrogen-bond donors (Lipinski definition) is 0. The van der Waals surface area contributed by atoms with E-state index >= 15 is 0 Å². The van der Waals surface area contributed by atoms with E-state index in [1.54, 1.807) is 12.9 Å². The van der Waals surface area contributed by atoms with E-state index < -0.39 is 7.12 Å². The third kappa shape index (κ3) is 2.86. The molecular formula is C11H19BO4. The van der Waals surface area contributed by atoms with Crippen molar-refractivity contribution in [1.82, 2.24) is 0 Å². The van der Waals surface area contributed by atoms with E-state index in [2.05, 4.69) is 0 Å². The SMILES string of the molecule is CCOC(=O)/C=C\B1OC(C)(C)C(C)(C)O1. The third-order valence-corrected chi connectivity index (χ3v) is 2.95. The number of esters is 1. The van der Waals surface area contributed by atoms with Gasteiger partial charge in [0.1, 0.15) is 0 Å². The summed E-state index contributed by atoms with van der Waals surface area (Å²) in [6.07, 6.45) is 1.34. The quantitative estimate of drug-likeness (QED) is 0.417. The Hall–Kier alpha value is -0.805. The first kappa shape index (κ1) is 13.3. The van der Waals surface area contributed by atoms with E-state index in [9.17, 15) is 4.79 Å². The molecule has 0 spiro atoms. The van der Waals surface area contributed by atoms with Crippen LogP contribution < -0.4 is 0 Å². The summed E-state index contributed by atoms with van der Waals surface area (Å²) in [5, 5.41) is 0. The lowest BCUT2D eigenvalue weighted by Gasteiger charge is -2.32. The molecule has 0 aromatic heterocycles. The molecule has 90 valence electrons. The van der Waals surface area contributed by atoms with Crippen LogP contribution >= 0.6 is 0 Å². The molecule has 0 N–H and O–H groups in total. The van der Waals surface area contributed by atoms with Gasteiger partial charge < -0.3 is 14.0 Å². The second kappa shape index (κ2) is 4.59. The van der Waals surface area contributed by atoms with Crippen molar-refractivity contribution < 1.29 is 18.8 Å². The lowest BCUT2D eigenvalue weighted by molar-refractivity contribution is -0.137. The Balaban J connectivity index is 2.57. The summed E-state index contributed by atoms with van der Waals surface area (Å²) in [5.74, 6) is 1.20. The summed E-state index contributed by atoms with van der Waals surface area (Å²) in [7, 11) is -0.491. The lowest BCUT2D eigenvalue weighted by atomic mass is 9.90. The largest absolute Gasteiger partial charge is 0.487 e. The van der Waals surface area contributed by atoms with Crippen molar-refractivity contribution in [1.29, 1.82) is 0 Å². The van der Waals surface area contributed by atoms with Gasteiger partial charge in [-0.2, -0.15) is 0 Å². The first-order valence-corrected chi connectivity index (χ1v) is 5.49. The molecule has 0 aromatic carbocycles. The molecule has 0 aliphatic carbocycles. The van der Waals surface area contributed by atoms with Crippen molar-refractivity contribution in [2.45, 2.75) is 45.8 Å². The Morgan fingerprint density at radius 1 is 1.25 bits per heavy atom. The summed E-state index contributed by atoms with van der Waals surface area (Å²) < 4.78 is 16.1. The fraction of sp³-hybridized carbons (Fsp3) is 0.727. The minimum atomic E-state index is -0.491. The van der Waals surface area contributed by atoms with E-state index in [0.29, 0.717) is 6.61 Å². The molecule has 0 unspecified atom stereocenters. The van der Waals surface area contributed by atoms with Crippen molar-refractivity contribution in [3.8, 4) is 0 Å². The van der Waals surface area contributed by atoms with Gasteiger partial charge in [0.05, 0.1) is 17.8 Å². The van der Waals surface area contributed by atoms with E-state index in [1.807, 2.05) is 27.7 Å². The second-order valence-corrected chi connectivity index (χ2v) is 4.74. The number of hydrogen-bond acceptors (Lipinski definition) is 4. The summed E-state index contributed by atoms with van der Waals surface area (Å²) in [6.45, 7) is 9.99. The zero-order chi connectivity index (χ0) is 12.4. The predicted molar refractivity (Wildman–Crippen MR) is 61.9 cm³/mol. The normalized spacial score (nSPS) is 22.7. The molecule has 1 heterocycles. The molecule has 0 saturated carbocycles. The van der Waals surface area contributed by atoms with Crippen LogP contribution in [0.2, 0.25) is 0 Å². The van der Waals surface area contributed by atoms with Gasteiger partial charge in [0.2, 0.25) is 0 Å². The molecule has 0 aromatic rings. The minimum Gasteiger partial charge on any atom is -0.463 e. The Kier molecular flexibility index (Phi) is 3.81. The van der Waals surface area contributed by atoms with E-state index in [0.717, 1.165) is 0 Å². The highest BCUT2D eigenvalue weighted by Crippen LogP contribution is 2.36. The Labute approximate surface area is 97.1 Å². The lowest BCUT2D eigenvalue weighted by Crippen LogP contribution is -2.41. The monoisotopic (exact) mass is 226 g/mol. The molecule has 0 amide bonds. The molecule has 1 saturated heterocycles. The molecule has 0 atom stereocenters. The molecule has 1 rings (SSSR count). The van der Waals surface area contributed by atoms with Gasteiger partial charge >= 0.3 is 13.1 Å². The van der Waals surface area contributed by atoms with Crippen LogP contribution in [0.3, 0.4) is 0 Å². The van der Waals surface area contributed by atoms with Crippen LogP contribution in [0.25, 0.3) is 0 Å². The van der Waals surface area contributed by atoms with Crippen LogP contribution in [0.4, 0.5) is 0 Å². The van der Waals surface area contributed by atoms with Gasteiger partial charge in [-0.25, -0.2) is 4.79 Å². The van der Waals surface area contributed by atoms with E-state index in [-0.39, 0.29) is 17.2 Å². The second-order valence-electron chi connectivity index (χ2n) is 4.74. The number of carbonyl (C=O) groups is 1. The average molecular weight is 226 g/mol. The molecule has 0 radical (unpaired) electrons. The maximum Gasteiger partial charge on any atom is 0.487 e. The fourth-order valence-electron chi connectivity index (χ4n) is 1.31. The van der Waals surface area contributed by atoms with Gasteiger partial charge in [-0.15, -0.1) is 0 Å². The zero-order valence-electron chi connectivity index (χ0n) is 10.6. The molecule has 1 fully saturated rings. The summed E-state index contributed by atoms with van der Waals surface area (Å²) in [6, 6.07) is 0. The number of ether oxygens (including phenoxy) is 1. The summed E-state index contributed by atoms with van der Waals surface area (Å²) >= 11 is 0. The maximum absolute atomic E-state index is 11.1. The molecule has 1 aliphatic heterocycles. The molecule has 16 heavy (non-hydrogen) atoms. The Morgan fingerprint density at radius 3 is 2.19 bits per heavy atom. The van der Waals surface area contributed by atoms with Crippen LogP contribution in [0.5, 0.6) is 0 Å². The highest BCUT2D eigenvalue weighted by atomic mass is 16.7. The molecular weight excluding hydrogens is 207 g/mol. The van der Waals surface area contributed by atoms with Crippen LogP contribution in [-0.2, 0) is 18.8 Å². The van der Waals surface area contributed by atoms with Gasteiger partial charge in [-0.1, -0.05) is 0 Å². The molecule has 5 heteroatoms. The van der Waals surface area contributed by atoms with E-state index in [1.165, 1.54) is 6.08 Å². The Bertz CT molecular complexity index is 280. The van der Waals surface area contributed by atoms with E-state index in [4.69, 9.17) is 14.0 Å². The molecule has 4 nitrogen and oxygen atoms in total. The predicted octanol–water partition coefficient (Wildman–Crippen LogP) is 1.74. The zero-order valence-corrected chi connectivity index (χ0v) is 10.6.